The number of carbonyl (C=O) groups is 1. The van der Waals surface area contributed by atoms with E-state index in [0.717, 1.165) is 26.3 Å². The number of hydrogen-bond donors (Lipinski definition) is 1. The van der Waals surface area contributed by atoms with Crippen molar-refractivity contribution < 1.29 is 9.18 Å². The van der Waals surface area contributed by atoms with E-state index in [1.165, 1.54) is 12.1 Å². The van der Waals surface area contributed by atoms with Crippen LogP contribution in [0.1, 0.15) is 41.9 Å². The minimum atomic E-state index is -0.539. The number of carbonyl (C=O) groups excluding carboxylic acids is 1. The number of hydrogen-bond acceptors (Lipinski definition) is 5. The molecule has 0 amide bonds. The monoisotopic (exact) mass is 505 g/mol. The first-order chi connectivity index (χ1) is 14.4. The van der Waals surface area contributed by atoms with Crippen LogP contribution < -0.4 is 10.6 Å². The average Bonchev–Trinajstić information content (AvgIpc) is 3.10. The molecule has 1 aromatic carbocycles. The van der Waals surface area contributed by atoms with Crippen LogP contribution in [-0.4, -0.2) is 5.78 Å². The molecule has 4 nitrogen and oxygen atoms in total. The van der Waals surface area contributed by atoms with Crippen LogP contribution in [0, 0.1) is 17.1 Å². The van der Waals surface area contributed by atoms with Crippen molar-refractivity contribution in [3.05, 3.63) is 72.0 Å². The van der Waals surface area contributed by atoms with Crippen molar-refractivity contribution in [2.75, 3.05) is 4.90 Å². The molecule has 1 atom stereocenters. The summed E-state index contributed by atoms with van der Waals surface area (Å²) in [5, 5.41) is 9.98. The highest BCUT2D eigenvalue weighted by Gasteiger charge is 2.41. The summed E-state index contributed by atoms with van der Waals surface area (Å²) in [6, 6.07) is 8.51. The highest BCUT2D eigenvalue weighted by atomic mass is 79.9. The van der Waals surface area contributed by atoms with E-state index < -0.39 is 11.7 Å². The van der Waals surface area contributed by atoms with Crippen LogP contribution in [0.3, 0.4) is 0 Å². The summed E-state index contributed by atoms with van der Waals surface area (Å²) in [6.45, 7) is 2.06. The zero-order chi connectivity index (χ0) is 21.6. The molecule has 1 aliphatic carbocycles. The number of allylic oxidation sites excluding steroid dienone is 3. The fraction of sp³-hybridized carbons (Fsp3) is 0.273. The number of halogens is 3. The summed E-state index contributed by atoms with van der Waals surface area (Å²) in [6.07, 6.45) is 2.61. The van der Waals surface area contributed by atoms with Crippen molar-refractivity contribution in [3.8, 4) is 6.07 Å². The van der Waals surface area contributed by atoms with E-state index in [9.17, 15) is 14.4 Å². The number of benzene rings is 1. The van der Waals surface area contributed by atoms with Gasteiger partial charge in [0.05, 0.1) is 22.6 Å². The van der Waals surface area contributed by atoms with E-state index in [0.29, 0.717) is 36.1 Å². The van der Waals surface area contributed by atoms with Gasteiger partial charge in [-0.2, -0.15) is 5.26 Å². The van der Waals surface area contributed by atoms with Gasteiger partial charge >= 0.3 is 0 Å². The normalized spacial score (nSPS) is 19.2. The van der Waals surface area contributed by atoms with E-state index in [2.05, 4.69) is 28.9 Å². The first-order valence-corrected chi connectivity index (χ1v) is 11.5. The van der Waals surface area contributed by atoms with E-state index in [1.54, 1.807) is 22.3 Å². The summed E-state index contributed by atoms with van der Waals surface area (Å²) in [5.41, 5.74) is 8.72. The van der Waals surface area contributed by atoms with Gasteiger partial charge in [0.1, 0.15) is 11.6 Å². The van der Waals surface area contributed by atoms with Gasteiger partial charge in [0.2, 0.25) is 0 Å². The van der Waals surface area contributed by atoms with E-state index in [4.69, 9.17) is 17.3 Å². The number of nitrogens with zero attached hydrogens (tertiary/aromatic N) is 2. The van der Waals surface area contributed by atoms with Crippen molar-refractivity contribution in [2.45, 2.75) is 38.5 Å². The Morgan fingerprint density at radius 3 is 2.80 bits per heavy atom. The number of rotatable bonds is 3. The molecule has 8 heteroatoms. The molecule has 0 bridgehead atoms. The van der Waals surface area contributed by atoms with Gasteiger partial charge < -0.3 is 5.73 Å². The third-order valence-electron chi connectivity index (χ3n) is 5.46. The van der Waals surface area contributed by atoms with E-state index >= 15 is 0 Å². The zero-order valence-electron chi connectivity index (χ0n) is 16.1. The molecule has 0 radical (unpaired) electrons. The number of aryl methyl sites for hydroxylation is 1. The predicted octanol–water partition coefficient (Wildman–Crippen LogP) is 6.17. The Bertz CT molecular complexity index is 1160. The molecule has 0 saturated heterocycles. The molecule has 0 spiro atoms. The van der Waals surface area contributed by atoms with Crippen molar-refractivity contribution in [3.63, 3.8) is 0 Å². The average molecular weight is 507 g/mol. The molecule has 1 unspecified atom stereocenters. The third kappa shape index (κ3) is 3.37. The van der Waals surface area contributed by atoms with Crippen molar-refractivity contribution in [1.29, 1.82) is 5.26 Å². The molecule has 2 aromatic rings. The SMILES string of the molecule is CCc1sc(C2C(C#N)=C(N)N(c3ccc(F)c(Cl)c3)C3=C2C(=O)CCC3)cc1Br. The molecule has 2 heterocycles. The number of nitriles is 1. The summed E-state index contributed by atoms with van der Waals surface area (Å²) in [5.74, 6) is -0.766. The lowest BCUT2D eigenvalue weighted by molar-refractivity contribution is -0.116. The summed E-state index contributed by atoms with van der Waals surface area (Å²) < 4.78 is 14.7. The van der Waals surface area contributed by atoms with Crippen LogP contribution in [0.2, 0.25) is 5.02 Å². The number of ketones is 1. The van der Waals surface area contributed by atoms with Gasteiger partial charge in [0.25, 0.3) is 0 Å². The molecule has 1 aromatic heterocycles. The maximum Gasteiger partial charge on any atom is 0.161 e. The van der Waals surface area contributed by atoms with Gasteiger partial charge in [-0.15, -0.1) is 11.3 Å². The second-order valence-electron chi connectivity index (χ2n) is 7.19. The van der Waals surface area contributed by atoms with Gasteiger partial charge in [-0.1, -0.05) is 18.5 Å². The van der Waals surface area contributed by atoms with Crippen LogP contribution in [0.4, 0.5) is 10.1 Å². The first-order valence-electron chi connectivity index (χ1n) is 9.56. The summed E-state index contributed by atoms with van der Waals surface area (Å²) >= 11 is 11.2. The zero-order valence-corrected chi connectivity index (χ0v) is 19.3. The van der Waals surface area contributed by atoms with Gasteiger partial charge in [-0.25, -0.2) is 4.39 Å². The van der Waals surface area contributed by atoms with Crippen LogP contribution in [0.25, 0.3) is 0 Å². The Kier molecular flexibility index (Phi) is 5.75. The van der Waals surface area contributed by atoms with Crippen LogP contribution in [-0.2, 0) is 11.2 Å². The highest BCUT2D eigenvalue weighted by Crippen LogP contribution is 2.49. The Labute approximate surface area is 191 Å². The maximum absolute atomic E-state index is 13.7. The minimum Gasteiger partial charge on any atom is -0.384 e. The largest absolute Gasteiger partial charge is 0.384 e. The molecular formula is C22H18BrClFN3OS. The molecule has 2 aliphatic rings. The van der Waals surface area contributed by atoms with Gasteiger partial charge in [0, 0.05) is 37.6 Å². The lowest BCUT2D eigenvalue weighted by atomic mass is 9.78. The topological polar surface area (TPSA) is 70.1 Å². The van der Waals surface area contributed by atoms with E-state index in [-0.39, 0.29) is 16.6 Å². The minimum absolute atomic E-state index is 0.0160. The highest BCUT2D eigenvalue weighted by molar-refractivity contribution is 9.10. The van der Waals surface area contributed by atoms with Crippen molar-refractivity contribution in [2.24, 2.45) is 5.73 Å². The van der Waals surface area contributed by atoms with Gasteiger partial charge in [-0.05, 0) is 59.5 Å². The van der Waals surface area contributed by atoms with Crippen molar-refractivity contribution in [1.82, 2.24) is 0 Å². The fourth-order valence-electron chi connectivity index (χ4n) is 4.10. The second-order valence-corrected chi connectivity index (χ2v) is 9.62. The van der Waals surface area contributed by atoms with Gasteiger partial charge in [-0.3, -0.25) is 9.69 Å². The Hall–Kier alpha value is -2.14. The van der Waals surface area contributed by atoms with Gasteiger partial charge in [0.15, 0.2) is 5.78 Å². The standard InChI is InChI=1S/C22H18BrClFN3OS/c1-2-18-13(23)9-19(30-18)20-12(10-26)22(27)28(11-6-7-15(25)14(24)8-11)16-4-3-5-17(29)21(16)20/h6-9,20H,2-5,27H2,1H3. The molecule has 2 N–H and O–H groups in total. The number of nitrogens with two attached hydrogens (primary N) is 1. The van der Waals surface area contributed by atoms with Crippen LogP contribution in [0.15, 0.2) is 51.4 Å². The van der Waals surface area contributed by atoms with Crippen LogP contribution in [0.5, 0.6) is 0 Å². The first kappa shape index (κ1) is 21.1. The molecule has 154 valence electrons. The molecule has 0 fully saturated rings. The lowest BCUT2D eigenvalue weighted by Gasteiger charge is -2.39. The van der Waals surface area contributed by atoms with Crippen molar-refractivity contribution >= 4 is 50.3 Å². The third-order valence-corrected chi connectivity index (χ3v) is 8.06. The Morgan fingerprint density at radius 1 is 1.40 bits per heavy atom. The summed E-state index contributed by atoms with van der Waals surface area (Å²) in [4.78, 5) is 16.8. The Morgan fingerprint density at radius 2 is 2.17 bits per heavy atom. The fourth-order valence-corrected chi connectivity index (χ4v) is 6.31. The smallest absolute Gasteiger partial charge is 0.161 e. The maximum atomic E-state index is 13.7. The second kappa shape index (κ2) is 8.18. The lowest BCUT2D eigenvalue weighted by Crippen LogP contribution is -2.38. The molecule has 1 aliphatic heterocycles. The molecule has 30 heavy (non-hydrogen) atoms. The quantitative estimate of drug-likeness (QED) is 0.540. The van der Waals surface area contributed by atoms with E-state index in [1.807, 2.05) is 6.07 Å². The molecule has 4 rings (SSSR count). The predicted molar refractivity (Wildman–Crippen MR) is 121 cm³/mol. The number of thiophene rings is 1. The molecular weight excluding hydrogens is 489 g/mol. The number of anilines is 1. The van der Waals surface area contributed by atoms with Crippen LogP contribution >= 0.6 is 38.9 Å². The molecule has 0 saturated carbocycles. The number of Topliss-reactive ketones (excluding diaryl/α,β-unsaturated/α-hetero) is 1. The Balaban J connectivity index is 1.96. The summed E-state index contributed by atoms with van der Waals surface area (Å²) in [7, 11) is 0.